The van der Waals surface area contributed by atoms with Crippen molar-refractivity contribution in [1.82, 2.24) is 5.32 Å². The van der Waals surface area contributed by atoms with Gasteiger partial charge in [0.05, 0.1) is 9.21 Å². The first-order valence-corrected chi connectivity index (χ1v) is 8.44. The second-order valence-electron chi connectivity index (χ2n) is 4.97. The maximum absolute atomic E-state index is 11.8. The van der Waals surface area contributed by atoms with Crippen LogP contribution in [-0.4, -0.2) is 18.2 Å². The van der Waals surface area contributed by atoms with Crippen LogP contribution in [0.25, 0.3) is 0 Å². The van der Waals surface area contributed by atoms with E-state index in [9.17, 15) is 9.59 Å². The Balaban J connectivity index is 1.61. The molecular formula is C17H18ClNO2S. The molecule has 1 heterocycles. The zero-order valence-electron chi connectivity index (χ0n) is 12.2. The van der Waals surface area contributed by atoms with Gasteiger partial charge in [-0.3, -0.25) is 9.59 Å². The molecule has 0 atom stereocenters. The quantitative estimate of drug-likeness (QED) is 0.582. The Bertz CT molecular complexity index is 625. The van der Waals surface area contributed by atoms with Crippen LogP contribution in [0.3, 0.4) is 0 Å². The molecule has 0 saturated heterocycles. The number of thiophene rings is 1. The van der Waals surface area contributed by atoms with Gasteiger partial charge in [-0.15, -0.1) is 11.3 Å². The smallest absolute Gasteiger partial charge is 0.220 e. The van der Waals surface area contributed by atoms with E-state index in [0.717, 1.165) is 12.8 Å². The predicted molar refractivity (Wildman–Crippen MR) is 90.7 cm³/mol. The summed E-state index contributed by atoms with van der Waals surface area (Å²) in [6, 6.07) is 13.6. The SMILES string of the molecule is O=C(CCC(=O)c1ccc(Cl)s1)NCCCc1ccccc1. The standard InChI is InChI=1S/C17H18ClNO2S/c18-16-10-9-15(22-16)14(20)8-11-17(21)19-12-4-7-13-5-2-1-3-6-13/h1-3,5-6,9-10H,4,7-8,11-12H2,(H,19,21). The van der Waals surface area contributed by atoms with Crippen LogP contribution in [0.15, 0.2) is 42.5 Å². The number of aryl methyl sites for hydroxylation is 1. The number of benzene rings is 1. The minimum atomic E-state index is -0.0796. The summed E-state index contributed by atoms with van der Waals surface area (Å²) in [4.78, 5) is 24.2. The van der Waals surface area contributed by atoms with Gasteiger partial charge in [0.15, 0.2) is 5.78 Å². The van der Waals surface area contributed by atoms with E-state index >= 15 is 0 Å². The van der Waals surface area contributed by atoms with Crippen molar-refractivity contribution in [2.24, 2.45) is 0 Å². The molecule has 0 radical (unpaired) electrons. The lowest BCUT2D eigenvalue weighted by molar-refractivity contribution is -0.121. The van der Waals surface area contributed by atoms with Gasteiger partial charge in [0.1, 0.15) is 0 Å². The van der Waals surface area contributed by atoms with Gasteiger partial charge in [-0.1, -0.05) is 41.9 Å². The minimum Gasteiger partial charge on any atom is -0.356 e. The van der Waals surface area contributed by atoms with Gasteiger partial charge >= 0.3 is 0 Å². The fourth-order valence-electron chi connectivity index (χ4n) is 2.07. The summed E-state index contributed by atoms with van der Waals surface area (Å²) in [7, 11) is 0. The number of carbonyl (C=O) groups excluding carboxylic acids is 2. The maximum atomic E-state index is 11.8. The van der Waals surface area contributed by atoms with E-state index in [0.29, 0.717) is 15.8 Å². The Hall–Kier alpha value is -1.65. The molecule has 0 aliphatic heterocycles. The van der Waals surface area contributed by atoms with Crippen molar-refractivity contribution in [2.75, 3.05) is 6.54 Å². The second-order valence-corrected chi connectivity index (χ2v) is 6.68. The highest BCUT2D eigenvalue weighted by molar-refractivity contribution is 7.18. The van der Waals surface area contributed by atoms with Crippen LogP contribution in [-0.2, 0) is 11.2 Å². The third-order valence-corrected chi connectivity index (χ3v) is 4.51. The number of ketones is 1. The Morgan fingerprint density at radius 1 is 1.05 bits per heavy atom. The fraction of sp³-hybridized carbons (Fsp3) is 0.294. The molecule has 2 aromatic rings. The van der Waals surface area contributed by atoms with Gasteiger partial charge in [-0.05, 0) is 30.5 Å². The lowest BCUT2D eigenvalue weighted by Crippen LogP contribution is -2.25. The first-order chi connectivity index (χ1) is 10.6. The first kappa shape index (κ1) is 16.7. The monoisotopic (exact) mass is 335 g/mol. The Labute approximate surface area is 139 Å². The van der Waals surface area contributed by atoms with Crippen molar-refractivity contribution < 1.29 is 9.59 Å². The van der Waals surface area contributed by atoms with E-state index < -0.39 is 0 Å². The van der Waals surface area contributed by atoms with Gasteiger partial charge in [-0.25, -0.2) is 0 Å². The van der Waals surface area contributed by atoms with Crippen LogP contribution >= 0.6 is 22.9 Å². The average Bonchev–Trinajstić information content (AvgIpc) is 2.97. The third-order valence-electron chi connectivity index (χ3n) is 3.23. The highest BCUT2D eigenvalue weighted by Gasteiger charge is 2.11. The van der Waals surface area contributed by atoms with Crippen molar-refractivity contribution in [3.05, 3.63) is 57.2 Å². The molecule has 0 unspecified atom stereocenters. The summed E-state index contributed by atoms with van der Waals surface area (Å²) in [5.41, 5.74) is 1.27. The number of Topliss-reactive ketones (excluding diaryl/α,β-unsaturated/α-hetero) is 1. The van der Waals surface area contributed by atoms with Crippen LogP contribution in [0, 0.1) is 0 Å². The number of amides is 1. The summed E-state index contributed by atoms with van der Waals surface area (Å²) >= 11 is 7.04. The van der Waals surface area contributed by atoms with E-state index in [1.54, 1.807) is 12.1 Å². The molecule has 0 spiro atoms. The third kappa shape index (κ3) is 5.62. The van der Waals surface area contributed by atoms with E-state index in [-0.39, 0.29) is 24.5 Å². The Morgan fingerprint density at radius 2 is 1.82 bits per heavy atom. The van der Waals surface area contributed by atoms with Gasteiger partial charge in [0.2, 0.25) is 5.91 Å². The number of hydrogen-bond acceptors (Lipinski definition) is 3. The molecular weight excluding hydrogens is 318 g/mol. The van der Waals surface area contributed by atoms with Crippen molar-refractivity contribution in [1.29, 1.82) is 0 Å². The highest BCUT2D eigenvalue weighted by Crippen LogP contribution is 2.22. The van der Waals surface area contributed by atoms with E-state index in [1.165, 1.54) is 16.9 Å². The Morgan fingerprint density at radius 3 is 2.50 bits per heavy atom. The predicted octanol–water partition coefficient (Wildman–Crippen LogP) is 4.11. The molecule has 1 amide bonds. The largest absolute Gasteiger partial charge is 0.356 e. The summed E-state index contributed by atoms with van der Waals surface area (Å²) in [5.74, 6) is -0.111. The van der Waals surface area contributed by atoms with Crippen molar-refractivity contribution in [3.63, 3.8) is 0 Å². The molecule has 1 N–H and O–H groups in total. The van der Waals surface area contributed by atoms with E-state index in [4.69, 9.17) is 11.6 Å². The molecule has 0 fully saturated rings. The van der Waals surface area contributed by atoms with Crippen LogP contribution in [0.4, 0.5) is 0 Å². The number of hydrogen-bond donors (Lipinski definition) is 1. The summed E-state index contributed by atoms with van der Waals surface area (Å²) in [6.07, 6.45) is 2.28. The molecule has 22 heavy (non-hydrogen) atoms. The number of halogens is 1. The van der Waals surface area contributed by atoms with E-state index in [2.05, 4.69) is 17.4 Å². The number of nitrogens with one attached hydrogen (secondary N) is 1. The van der Waals surface area contributed by atoms with Crippen molar-refractivity contribution >= 4 is 34.6 Å². The molecule has 0 bridgehead atoms. The van der Waals surface area contributed by atoms with Gasteiger partial charge in [-0.2, -0.15) is 0 Å². The normalized spacial score (nSPS) is 10.4. The number of carbonyl (C=O) groups is 2. The number of rotatable bonds is 8. The summed E-state index contributed by atoms with van der Waals surface area (Å²) < 4.78 is 0.591. The second kappa shape index (κ2) is 8.71. The molecule has 0 saturated carbocycles. The van der Waals surface area contributed by atoms with Gasteiger partial charge in [0.25, 0.3) is 0 Å². The van der Waals surface area contributed by atoms with Crippen molar-refractivity contribution in [3.8, 4) is 0 Å². The lowest BCUT2D eigenvalue weighted by Gasteiger charge is -2.05. The zero-order chi connectivity index (χ0) is 15.8. The summed E-state index contributed by atoms with van der Waals surface area (Å²) in [6.45, 7) is 0.632. The lowest BCUT2D eigenvalue weighted by atomic mass is 10.1. The van der Waals surface area contributed by atoms with Crippen LogP contribution < -0.4 is 5.32 Å². The zero-order valence-corrected chi connectivity index (χ0v) is 13.8. The van der Waals surface area contributed by atoms with Crippen LogP contribution in [0.1, 0.15) is 34.5 Å². The molecule has 5 heteroatoms. The van der Waals surface area contributed by atoms with Crippen LogP contribution in [0.5, 0.6) is 0 Å². The molecule has 2 rings (SSSR count). The molecule has 1 aromatic carbocycles. The van der Waals surface area contributed by atoms with Gasteiger partial charge < -0.3 is 5.32 Å². The first-order valence-electron chi connectivity index (χ1n) is 7.24. The van der Waals surface area contributed by atoms with E-state index in [1.807, 2.05) is 18.2 Å². The van der Waals surface area contributed by atoms with Crippen molar-refractivity contribution in [2.45, 2.75) is 25.7 Å². The molecule has 0 aliphatic rings. The molecule has 116 valence electrons. The Kier molecular flexibility index (Phi) is 6.62. The minimum absolute atomic E-state index is 0.0312. The highest BCUT2D eigenvalue weighted by atomic mass is 35.5. The average molecular weight is 336 g/mol. The molecule has 0 aliphatic carbocycles. The topological polar surface area (TPSA) is 46.2 Å². The van der Waals surface area contributed by atoms with Gasteiger partial charge in [0, 0.05) is 19.4 Å². The maximum Gasteiger partial charge on any atom is 0.220 e. The van der Waals surface area contributed by atoms with Crippen LogP contribution in [0.2, 0.25) is 4.34 Å². The summed E-state index contributed by atoms with van der Waals surface area (Å²) in [5, 5.41) is 2.85. The molecule has 3 nitrogen and oxygen atoms in total. The fourth-order valence-corrected chi connectivity index (χ4v) is 3.08. The molecule has 1 aromatic heterocycles.